The second kappa shape index (κ2) is 11.8. The van der Waals surface area contributed by atoms with E-state index in [0.717, 1.165) is 5.56 Å². The predicted molar refractivity (Wildman–Crippen MR) is 98.3 cm³/mol. The molecule has 1 rings (SSSR count). The third kappa shape index (κ3) is 10.9. The van der Waals surface area contributed by atoms with Crippen molar-refractivity contribution in [2.75, 3.05) is 25.9 Å². The van der Waals surface area contributed by atoms with Crippen LogP contribution in [-0.4, -0.2) is 50.2 Å². The van der Waals surface area contributed by atoms with Gasteiger partial charge in [-0.3, -0.25) is 9.36 Å². The zero-order chi connectivity index (χ0) is 21.9. The van der Waals surface area contributed by atoms with Crippen molar-refractivity contribution in [1.82, 2.24) is 10.4 Å². The number of esters is 1. The zero-order valence-electron chi connectivity index (χ0n) is 16.0. The first kappa shape index (κ1) is 24.9. The van der Waals surface area contributed by atoms with Crippen molar-refractivity contribution in [3.8, 4) is 0 Å². The van der Waals surface area contributed by atoms with E-state index < -0.39 is 44.6 Å². The van der Waals surface area contributed by atoms with Gasteiger partial charge in [0.15, 0.2) is 6.61 Å². The smallest absolute Gasteiger partial charge is 0.412 e. The highest BCUT2D eigenvalue weighted by Crippen LogP contribution is 2.43. The van der Waals surface area contributed by atoms with E-state index in [1.807, 2.05) is 0 Å². The first-order chi connectivity index (χ1) is 13.5. The Morgan fingerprint density at radius 3 is 2.41 bits per heavy atom. The molecule has 29 heavy (non-hydrogen) atoms. The van der Waals surface area contributed by atoms with Crippen molar-refractivity contribution in [1.29, 1.82) is 0 Å². The van der Waals surface area contributed by atoms with E-state index >= 15 is 0 Å². The van der Waals surface area contributed by atoms with E-state index in [0.29, 0.717) is 0 Å². The Hall–Kier alpha value is -2.10. The molecular formula is C17H24F3N2O6P. The highest BCUT2D eigenvalue weighted by molar-refractivity contribution is 7.56. The Morgan fingerprint density at radius 1 is 1.17 bits per heavy atom. The molecule has 0 saturated carbocycles. The number of nitrogens with one attached hydrogen (secondary N) is 2. The summed E-state index contributed by atoms with van der Waals surface area (Å²) in [5, 5.41) is 4.53. The maximum Gasteiger partial charge on any atom is 0.412 e. The molecule has 1 amide bonds. The number of alkyl halides is 3. The quantitative estimate of drug-likeness (QED) is 0.402. The largest absolute Gasteiger partial charge is 0.465 e. The lowest BCUT2D eigenvalue weighted by Gasteiger charge is -2.23. The van der Waals surface area contributed by atoms with Crippen LogP contribution in [0.4, 0.5) is 18.0 Å². The van der Waals surface area contributed by atoms with Gasteiger partial charge in [0.05, 0.1) is 12.8 Å². The Morgan fingerprint density at radius 2 is 1.83 bits per heavy atom. The first-order valence-electron chi connectivity index (χ1n) is 8.74. The maximum absolute atomic E-state index is 12.7. The van der Waals surface area contributed by atoms with E-state index in [4.69, 9.17) is 9.47 Å². The number of alkyl carbamates (subject to hydrolysis) is 1. The fourth-order valence-corrected chi connectivity index (χ4v) is 3.83. The molecule has 0 fully saturated rings. The standard InChI is InChI=1S/C17H24F3N2O6P/c1-3-26-15(23)13(2)22-29(25,28-12-17(18,19)20)10-9-21-16(24)27-11-14-7-5-4-6-8-14/h4-8,13H,3,9-12H2,1-2H3,(H,21,24)(H,22,25)/t13-,29-/m0/s1. The van der Waals surface area contributed by atoms with E-state index in [9.17, 15) is 27.3 Å². The molecule has 0 bridgehead atoms. The topological polar surface area (TPSA) is 103 Å². The lowest BCUT2D eigenvalue weighted by Crippen LogP contribution is -2.37. The van der Waals surface area contributed by atoms with Crippen LogP contribution in [0.15, 0.2) is 30.3 Å². The zero-order valence-corrected chi connectivity index (χ0v) is 16.9. The van der Waals surface area contributed by atoms with Crippen molar-refractivity contribution in [2.24, 2.45) is 0 Å². The van der Waals surface area contributed by atoms with Crippen molar-refractivity contribution >= 4 is 19.6 Å². The first-order valence-corrected chi connectivity index (χ1v) is 10.5. The van der Waals surface area contributed by atoms with Crippen LogP contribution >= 0.6 is 7.52 Å². The van der Waals surface area contributed by atoms with Crippen LogP contribution in [0.5, 0.6) is 0 Å². The summed E-state index contributed by atoms with van der Waals surface area (Å²) in [4.78, 5) is 23.3. The van der Waals surface area contributed by atoms with Gasteiger partial charge in [0.25, 0.3) is 7.52 Å². The monoisotopic (exact) mass is 440 g/mol. The molecule has 0 spiro atoms. The summed E-state index contributed by atoms with van der Waals surface area (Å²) in [6, 6.07) is 7.65. The summed E-state index contributed by atoms with van der Waals surface area (Å²) in [5.41, 5.74) is 0.742. The molecular weight excluding hydrogens is 416 g/mol. The normalized spacial score (nSPS) is 14.5. The van der Waals surface area contributed by atoms with Crippen molar-refractivity contribution in [3.63, 3.8) is 0 Å². The third-order valence-electron chi connectivity index (χ3n) is 3.36. The number of halogens is 3. The molecule has 0 unspecified atom stereocenters. The highest BCUT2D eigenvalue weighted by atomic mass is 31.2. The molecule has 8 nitrogen and oxygen atoms in total. The van der Waals surface area contributed by atoms with Gasteiger partial charge in [-0.1, -0.05) is 30.3 Å². The highest BCUT2D eigenvalue weighted by Gasteiger charge is 2.35. The van der Waals surface area contributed by atoms with Crippen LogP contribution in [0.1, 0.15) is 19.4 Å². The van der Waals surface area contributed by atoms with Crippen LogP contribution in [-0.2, 0) is 30.0 Å². The predicted octanol–water partition coefficient (Wildman–Crippen LogP) is 3.23. The summed E-state index contributed by atoms with van der Waals surface area (Å²) in [6.07, 6.45) is -6.05. The van der Waals surface area contributed by atoms with Gasteiger partial charge in [0, 0.05) is 6.54 Å². The van der Waals surface area contributed by atoms with Gasteiger partial charge >= 0.3 is 18.2 Å². The lowest BCUT2D eigenvalue weighted by atomic mass is 10.2. The molecule has 2 atom stereocenters. The molecule has 1 aromatic rings. The molecule has 2 N–H and O–H groups in total. The Kier molecular flexibility index (Phi) is 10.1. The van der Waals surface area contributed by atoms with Crippen LogP contribution < -0.4 is 10.4 Å². The van der Waals surface area contributed by atoms with E-state index in [1.54, 1.807) is 37.3 Å². The van der Waals surface area contributed by atoms with Crippen LogP contribution in [0.2, 0.25) is 0 Å². The maximum atomic E-state index is 12.7. The molecule has 1 aromatic carbocycles. The molecule has 0 aliphatic rings. The van der Waals surface area contributed by atoms with E-state index in [1.165, 1.54) is 6.92 Å². The second-order valence-electron chi connectivity index (χ2n) is 5.88. The number of hydrogen-bond donors (Lipinski definition) is 2. The molecule has 0 saturated heterocycles. The number of hydrogen-bond acceptors (Lipinski definition) is 6. The number of ether oxygens (including phenoxy) is 2. The van der Waals surface area contributed by atoms with Gasteiger partial charge in [0.1, 0.15) is 12.6 Å². The minimum atomic E-state index is -4.72. The summed E-state index contributed by atoms with van der Waals surface area (Å²) >= 11 is 0. The van der Waals surface area contributed by atoms with Gasteiger partial charge in [-0.2, -0.15) is 13.2 Å². The van der Waals surface area contributed by atoms with E-state index in [-0.39, 0.29) is 19.8 Å². The molecule has 164 valence electrons. The van der Waals surface area contributed by atoms with Crippen LogP contribution in [0.25, 0.3) is 0 Å². The molecule has 0 aliphatic carbocycles. The third-order valence-corrected chi connectivity index (χ3v) is 5.49. The SMILES string of the molecule is CCOC(=O)[C@H](C)N[P@](=O)(CCNC(=O)OCc1ccccc1)OCC(F)(F)F. The summed E-state index contributed by atoms with van der Waals surface area (Å²) in [6.45, 7) is 0.801. The summed E-state index contributed by atoms with van der Waals surface area (Å²) < 4.78 is 64.3. The molecule has 0 aromatic heterocycles. The summed E-state index contributed by atoms with van der Waals surface area (Å²) in [7, 11) is -4.12. The Bertz CT molecular complexity index is 702. The van der Waals surface area contributed by atoms with Crippen LogP contribution in [0.3, 0.4) is 0 Å². The Labute approximate surface area is 166 Å². The fraction of sp³-hybridized carbons (Fsp3) is 0.529. The van der Waals surface area contributed by atoms with Gasteiger partial charge in [0.2, 0.25) is 0 Å². The van der Waals surface area contributed by atoms with Crippen molar-refractivity contribution in [2.45, 2.75) is 32.7 Å². The van der Waals surface area contributed by atoms with Crippen molar-refractivity contribution < 1.29 is 41.3 Å². The van der Waals surface area contributed by atoms with Gasteiger partial charge in [-0.15, -0.1) is 0 Å². The van der Waals surface area contributed by atoms with Crippen LogP contribution in [0, 0.1) is 0 Å². The average molecular weight is 440 g/mol. The number of benzene rings is 1. The van der Waals surface area contributed by atoms with E-state index in [2.05, 4.69) is 14.9 Å². The lowest BCUT2D eigenvalue weighted by molar-refractivity contribution is -0.153. The molecule has 12 heteroatoms. The number of rotatable bonds is 11. The minimum Gasteiger partial charge on any atom is -0.465 e. The van der Waals surface area contributed by atoms with Crippen molar-refractivity contribution in [3.05, 3.63) is 35.9 Å². The minimum absolute atomic E-state index is 0.00689. The average Bonchev–Trinajstić information content (AvgIpc) is 2.65. The number of carbonyl (C=O) groups excluding carboxylic acids is 2. The molecule has 0 aliphatic heterocycles. The number of amides is 1. The second-order valence-corrected chi connectivity index (χ2v) is 8.19. The number of carbonyl (C=O) groups is 2. The summed E-state index contributed by atoms with van der Waals surface area (Å²) in [5.74, 6) is -0.793. The Balaban J connectivity index is 2.57. The fourth-order valence-electron chi connectivity index (χ4n) is 2.04. The molecule has 0 radical (unpaired) electrons. The van der Waals surface area contributed by atoms with Gasteiger partial charge in [-0.25, -0.2) is 9.88 Å². The molecule has 0 heterocycles. The van der Waals surface area contributed by atoms with Gasteiger partial charge in [-0.05, 0) is 19.4 Å². The van der Waals surface area contributed by atoms with Gasteiger partial charge < -0.3 is 19.3 Å².